The van der Waals surface area contributed by atoms with E-state index in [-0.39, 0.29) is 0 Å². The summed E-state index contributed by atoms with van der Waals surface area (Å²) in [5.41, 5.74) is 1.84. The first-order chi connectivity index (χ1) is 10.2. The molecule has 0 aliphatic carbocycles. The molecule has 0 saturated carbocycles. The van der Waals surface area contributed by atoms with Crippen LogP contribution in [0, 0.1) is 0 Å². The lowest BCUT2D eigenvalue weighted by Crippen LogP contribution is -2.00. The number of hydrogen-bond donors (Lipinski definition) is 0. The van der Waals surface area contributed by atoms with Gasteiger partial charge in [0.05, 0.1) is 14.2 Å². The van der Waals surface area contributed by atoms with Gasteiger partial charge in [-0.15, -0.1) is 11.6 Å². The standard InChI is InChI=1S/C16H16Cl2O3/c1-19-14-6-4-13(18)8-12(14)10-21-15-5-3-11(9-17)7-16(15)20-2/h3-8H,9-10H2,1-2H3. The number of methoxy groups -OCH3 is 2. The van der Waals surface area contributed by atoms with Crippen molar-refractivity contribution >= 4 is 23.2 Å². The van der Waals surface area contributed by atoms with Crippen molar-refractivity contribution in [3.63, 3.8) is 0 Å². The number of ether oxygens (including phenoxy) is 3. The van der Waals surface area contributed by atoms with E-state index in [1.165, 1.54) is 0 Å². The van der Waals surface area contributed by atoms with E-state index in [0.29, 0.717) is 29.0 Å². The lowest BCUT2D eigenvalue weighted by molar-refractivity contribution is 0.278. The molecule has 0 fully saturated rings. The summed E-state index contributed by atoms with van der Waals surface area (Å²) in [6.45, 7) is 0.334. The molecule has 0 heterocycles. The molecule has 0 N–H and O–H groups in total. The zero-order valence-corrected chi connectivity index (χ0v) is 13.4. The van der Waals surface area contributed by atoms with E-state index in [0.717, 1.165) is 16.9 Å². The maximum Gasteiger partial charge on any atom is 0.161 e. The summed E-state index contributed by atoms with van der Waals surface area (Å²) in [5, 5.41) is 0.638. The van der Waals surface area contributed by atoms with Gasteiger partial charge < -0.3 is 14.2 Å². The summed E-state index contributed by atoms with van der Waals surface area (Å²) in [5.74, 6) is 2.46. The first-order valence-electron chi connectivity index (χ1n) is 6.36. The molecule has 0 atom stereocenters. The molecule has 0 saturated heterocycles. The van der Waals surface area contributed by atoms with E-state index in [9.17, 15) is 0 Å². The average Bonchev–Trinajstić information content (AvgIpc) is 2.52. The molecule has 2 rings (SSSR count). The fraction of sp³-hybridized carbons (Fsp3) is 0.250. The van der Waals surface area contributed by atoms with Crippen LogP contribution in [0.15, 0.2) is 36.4 Å². The molecule has 0 aromatic heterocycles. The second-order valence-electron chi connectivity index (χ2n) is 4.36. The van der Waals surface area contributed by atoms with Gasteiger partial charge >= 0.3 is 0 Å². The van der Waals surface area contributed by atoms with E-state index >= 15 is 0 Å². The molecule has 0 unspecified atom stereocenters. The second-order valence-corrected chi connectivity index (χ2v) is 5.07. The number of benzene rings is 2. The van der Waals surface area contributed by atoms with Crippen molar-refractivity contribution < 1.29 is 14.2 Å². The van der Waals surface area contributed by atoms with Crippen molar-refractivity contribution in [1.82, 2.24) is 0 Å². The van der Waals surface area contributed by atoms with Gasteiger partial charge in [-0.3, -0.25) is 0 Å². The Morgan fingerprint density at radius 3 is 2.29 bits per heavy atom. The minimum atomic E-state index is 0.334. The van der Waals surface area contributed by atoms with Crippen LogP contribution in [-0.4, -0.2) is 14.2 Å². The highest BCUT2D eigenvalue weighted by Gasteiger charge is 2.09. The van der Waals surface area contributed by atoms with E-state index in [4.69, 9.17) is 37.4 Å². The van der Waals surface area contributed by atoms with Gasteiger partial charge in [0.2, 0.25) is 0 Å². The lowest BCUT2D eigenvalue weighted by Gasteiger charge is -2.13. The summed E-state index contributed by atoms with van der Waals surface area (Å²) >= 11 is 11.8. The summed E-state index contributed by atoms with van der Waals surface area (Å²) < 4.78 is 16.4. The fourth-order valence-electron chi connectivity index (χ4n) is 1.93. The van der Waals surface area contributed by atoms with E-state index in [1.54, 1.807) is 20.3 Å². The third-order valence-electron chi connectivity index (χ3n) is 3.01. The van der Waals surface area contributed by atoms with E-state index < -0.39 is 0 Å². The van der Waals surface area contributed by atoms with Crippen molar-refractivity contribution in [3.8, 4) is 17.2 Å². The Balaban J connectivity index is 2.18. The van der Waals surface area contributed by atoms with Gasteiger partial charge in [0.15, 0.2) is 11.5 Å². The molecule has 0 amide bonds. The van der Waals surface area contributed by atoms with E-state index in [2.05, 4.69) is 0 Å². The Hall–Kier alpha value is -1.58. The maximum absolute atomic E-state index is 6.00. The summed E-state index contributed by atoms with van der Waals surface area (Å²) in [7, 11) is 3.21. The van der Waals surface area contributed by atoms with Crippen molar-refractivity contribution in [2.45, 2.75) is 12.5 Å². The van der Waals surface area contributed by atoms with Gasteiger partial charge in [-0.05, 0) is 35.9 Å². The highest BCUT2D eigenvalue weighted by molar-refractivity contribution is 6.30. The Morgan fingerprint density at radius 2 is 1.62 bits per heavy atom. The minimum absolute atomic E-state index is 0.334. The average molecular weight is 327 g/mol. The van der Waals surface area contributed by atoms with Gasteiger partial charge in [0, 0.05) is 16.5 Å². The van der Waals surface area contributed by atoms with Crippen LogP contribution in [0.25, 0.3) is 0 Å². The van der Waals surface area contributed by atoms with Crippen LogP contribution in [0.4, 0.5) is 0 Å². The van der Waals surface area contributed by atoms with Crippen LogP contribution in [0.3, 0.4) is 0 Å². The minimum Gasteiger partial charge on any atom is -0.496 e. The highest BCUT2D eigenvalue weighted by Crippen LogP contribution is 2.31. The van der Waals surface area contributed by atoms with Gasteiger partial charge in [0.1, 0.15) is 12.4 Å². The molecule has 0 aliphatic heterocycles. The van der Waals surface area contributed by atoms with Crippen LogP contribution >= 0.6 is 23.2 Å². The molecular formula is C16H16Cl2O3. The van der Waals surface area contributed by atoms with Crippen LogP contribution in [0.1, 0.15) is 11.1 Å². The summed E-state index contributed by atoms with van der Waals surface area (Å²) in [6.07, 6.45) is 0. The highest BCUT2D eigenvalue weighted by atomic mass is 35.5. The van der Waals surface area contributed by atoms with Gasteiger partial charge in [-0.2, -0.15) is 0 Å². The SMILES string of the molecule is COc1ccc(Cl)cc1COc1ccc(CCl)cc1OC. The lowest BCUT2D eigenvalue weighted by atomic mass is 10.2. The number of halogens is 2. The predicted molar refractivity (Wildman–Crippen MR) is 84.9 cm³/mol. The summed E-state index contributed by atoms with van der Waals surface area (Å²) in [6, 6.07) is 11.0. The third-order valence-corrected chi connectivity index (χ3v) is 3.55. The molecule has 0 spiro atoms. The van der Waals surface area contributed by atoms with Crippen molar-refractivity contribution in [3.05, 3.63) is 52.5 Å². The predicted octanol–water partition coefficient (Wildman–Crippen LogP) is 4.68. The molecule has 3 nitrogen and oxygen atoms in total. The molecule has 0 radical (unpaired) electrons. The Kier molecular flexibility index (Phi) is 5.59. The molecular weight excluding hydrogens is 311 g/mol. The Bertz CT molecular complexity index is 614. The Labute approximate surface area is 134 Å². The second kappa shape index (κ2) is 7.43. The normalized spacial score (nSPS) is 10.3. The molecule has 5 heteroatoms. The zero-order chi connectivity index (χ0) is 15.2. The molecule has 0 aliphatic rings. The number of alkyl halides is 1. The molecule has 2 aromatic carbocycles. The Morgan fingerprint density at radius 1 is 0.905 bits per heavy atom. The van der Waals surface area contributed by atoms with Crippen LogP contribution in [0.5, 0.6) is 17.2 Å². The first-order valence-corrected chi connectivity index (χ1v) is 7.27. The maximum atomic E-state index is 6.00. The molecule has 2 aromatic rings. The third kappa shape index (κ3) is 3.96. The monoisotopic (exact) mass is 326 g/mol. The van der Waals surface area contributed by atoms with Crippen molar-refractivity contribution in [2.24, 2.45) is 0 Å². The van der Waals surface area contributed by atoms with Crippen molar-refractivity contribution in [2.75, 3.05) is 14.2 Å². The topological polar surface area (TPSA) is 27.7 Å². The van der Waals surface area contributed by atoms with Gasteiger partial charge in [0.25, 0.3) is 0 Å². The number of rotatable bonds is 6. The van der Waals surface area contributed by atoms with Crippen LogP contribution in [-0.2, 0) is 12.5 Å². The quantitative estimate of drug-likeness (QED) is 0.721. The first kappa shape index (κ1) is 15.8. The van der Waals surface area contributed by atoms with E-state index in [1.807, 2.05) is 30.3 Å². The molecule has 112 valence electrons. The zero-order valence-electron chi connectivity index (χ0n) is 11.9. The molecule has 0 bridgehead atoms. The smallest absolute Gasteiger partial charge is 0.161 e. The van der Waals surface area contributed by atoms with Gasteiger partial charge in [-0.25, -0.2) is 0 Å². The van der Waals surface area contributed by atoms with Crippen LogP contribution < -0.4 is 14.2 Å². The summed E-state index contributed by atoms with van der Waals surface area (Å²) in [4.78, 5) is 0. The van der Waals surface area contributed by atoms with Crippen molar-refractivity contribution in [1.29, 1.82) is 0 Å². The largest absolute Gasteiger partial charge is 0.496 e. The van der Waals surface area contributed by atoms with Crippen LogP contribution in [0.2, 0.25) is 5.02 Å². The molecule has 21 heavy (non-hydrogen) atoms. The van der Waals surface area contributed by atoms with Gasteiger partial charge in [-0.1, -0.05) is 17.7 Å². The fourth-order valence-corrected chi connectivity index (χ4v) is 2.29. The number of hydrogen-bond acceptors (Lipinski definition) is 3.